The fourth-order valence-corrected chi connectivity index (χ4v) is 3.50. The number of methoxy groups -OCH3 is 1. The van der Waals surface area contributed by atoms with Crippen molar-refractivity contribution >= 4 is 11.8 Å². The number of nitrogens with zero attached hydrogens (tertiary/aromatic N) is 1. The molecule has 2 aromatic rings. The highest BCUT2D eigenvalue weighted by atomic mass is 16.5. The third-order valence-electron chi connectivity index (χ3n) is 5.00. The summed E-state index contributed by atoms with van der Waals surface area (Å²) in [6.07, 6.45) is 1.87. The van der Waals surface area contributed by atoms with Gasteiger partial charge in [0.15, 0.2) is 0 Å². The minimum Gasteiger partial charge on any atom is -0.491 e. The Hall–Kier alpha value is -2.86. The summed E-state index contributed by atoms with van der Waals surface area (Å²) in [5.74, 6) is 0.645. The van der Waals surface area contributed by atoms with Crippen LogP contribution >= 0.6 is 0 Å². The van der Waals surface area contributed by atoms with Crippen molar-refractivity contribution in [3.05, 3.63) is 65.7 Å². The Bertz CT molecular complexity index is 810. The molecule has 6 heteroatoms. The quantitative estimate of drug-likeness (QED) is 0.662. The lowest BCUT2D eigenvalue weighted by atomic mass is 10.1. The van der Waals surface area contributed by atoms with Gasteiger partial charge in [0.1, 0.15) is 18.4 Å². The van der Waals surface area contributed by atoms with Crippen LogP contribution in [0.4, 0.5) is 0 Å². The van der Waals surface area contributed by atoms with Gasteiger partial charge in [-0.15, -0.1) is 0 Å². The number of nitrogens with one attached hydrogen (secondary N) is 1. The van der Waals surface area contributed by atoms with E-state index in [2.05, 4.69) is 5.32 Å². The second kappa shape index (κ2) is 10.6. The molecule has 0 aliphatic carbocycles. The van der Waals surface area contributed by atoms with Crippen LogP contribution in [0.15, 0.2) is 54.6 Å². The molecule has 1 heterocycles. The van der Waals surface area contributed by atoms with Crippen LogP contribution in [0.1, 0.15) is 24.0 Å². The average molecular weight is 396 g/mol. The molecule has 1 unspecified atom stereocenters. The summed E-state index contributed by atoms with van der Waals surface area (Å²) in [6.45, 7) is 2.03. The monoisotopic (exact) mass is 396 g/mol. The summed E-state index contributed by atoms with van der Waals surface area (Å²) >= 11 is 0. The first-order valence-corrected chi connectivity index (χ1v) is 9.99. The van der Waals surface area contributed by atoms with Gasteiger partial charge in [0.25, 0.3) is 0 Å². The summed E-state index contributed by atoms with van der Waals surface area (Å²) < 4.78 is 10.6. The van der Waals surface area contributed by atoms with Gasteiger partial charge in [0.2, 0.25) is 11.8 Å². The molecule has 0 bridgehead atoms. The minimum absolute atomic E-state index is 0.00221. The van der Waals surface area contributed by atoms with E-state index in [0.29, 0.717) is 39.1 Å². The first kappa shape index (κ1) is 20.9. The molecule has 0 saturated carbocycles. The number of benzene rings is 2. The zero-order chi connectivity index (χ0) is 20.5. The molecule has 2 aromatic carbocycles. The van der Waals surface area contributed by atoms with Crippen molar-refractivity contribution in [1.29, 1.82) is 0 Å². The van der Waals surface area contributed by atoms with Gasteiger partial charge in [-0.1, -0.05) is 42.5 Å². The first-order valence-electron chi connectivity index (χ1n) is 9.99. The van der Waals surface area contributed by atoms with E-state index in [-0.39, 0.29) is 11.8 Å². The Morgan fingerprint density at radius 3 is 2.66 bits per heavy atom. The van der Waals surface area contributed by atoms with Crippen LogP contribution < -0.4 is 10.1 Å². The lowest BCUT2D eigenvalue weighted by molar-refractivity contribution is -0.138. The molecule has 0 radical (unpaired) electrons. The third kappa shape index (κ3) is 6.06. The molecule has 0 aromatic heterocycles. The maximum Gasteiger partial charge on any atom is 0.243 e. The SMILES string of the molecule is COCCOc1cccc(CNC(=O)C2CCCN2C(=O)Cc2ccccc2)c1. The van der Waals surface area contributed by atoms with Crippen LogP contribution in [-0.4, -0.2) is 49.6 Å². The molecule has 1 aliphatic heterocycles. The van der Waals surface area contributed by atoms with Crippen molar-refractivity contribution < 1.29 is 19.1 Å². The highest BCUT2D eigenvalue weighted by Gasteiger charge is 2.33. The van der Waals surface area contributed by atoms with Gasteiger partial charge in [-0.05, 0) is 36.1 Å². The zero-order valence-corrected chi connectivity index (χ0v) is 16.8. The summed E-state index contributed by atoms with van der Waals surface area (Å²) in [4.78, 5) is 27.1. The molecular weight excluding hydrogens is 368 g/mol. The van der Waals surface area contributed by atoms with Crippen LogP contribution in [-0.2, 0) is 27.3 Å². The number of likely N-dealkylation sites (tertiary alicyclic amines) is 1. The van der Waals surface area contributed by atoms with Gasteiger partial charge in [-0.2, -0.15) is 0 Å². The molecule has 1 atom stereocenters. The topological polar surface area (TPSA) is 67.9 Å². The van der Waals surface area contributed by atoms with Gasteiger partial charge in [-0.25, -0.2) is 0 Å². The van der Waals surface area contributed by atoms with E-state index in [1.54, 1.807) is 12.0 Å². The number of hydrogen-bond donors (Lipinski definition) is 1. The Morgan fingerprint density at radius 2 is 1.86 bits per heavy atom. The van der Waals surface area contributed by atoms with Gasteiger partial charge < -0.3 is 19.7 Å². The fraction of sp³-hybridized carbons (Fsp3) is 0.391. The van der Waals surface area contributed by atoms with Crippen LogP contribution in [0.5, 0.6) is 5.75 Å². The fourth-order valence-electron chi connectivity index (χ4n) is 3.50. The molecule has 6 nitrogen and oxygen atoms in total. The molecule has 2 amide bonds. The molecule has 1 N–H and O–H groups in total. The van der Waals surface area contributed by atoms with Gasteiger partial charge in [-0.3, -0.25) is 9.59 Å². The number of ether oxygens (including phenoxy) is 2. The maximum absolute atomic E-state index is 12.7. The number of amides is 2. The largest absolute Gasteiger partial charge is 0.491 e. The van der Waals surface area contributed by atoms with E-state index in [0.717, 1.165) is 23.3 Å². The second-order valence-electron chi connectivity index (χ2n) is 7.11. The van der Waals surface area contributed by atoms with E-state index in [1.165, 1.54) is 0 Å². The van der Waals surface area contributed by atoms with Crippen molar-refractivity contribution in [3.8, 4) is 5.75 Å². The van der Waals surface area contributed by atoms with E-state index in [9.17, 15) is 9.59 Å². The number of rotatable bonds is 9. The Morgan fingerprint density at radius 1 is 1.07 bits per heavy atom. The molecule has 3 rings (SSSR count). The van der Waals surface area contributed by atoms with E-state index in [1.807, 2.05) is 54.6 Å². The summed E-state index contributed by atoms with van der Waals surface area (Å²) in [5.41, 5.74) is 1.92. The highest BCUT2D eigenvalue weighted by Crippen LogP contribution is 2.19. The predicted molar refractivity (Wildman–Crippen MR) is 111 cm³/mol. The second-order valence-corrected chi connectivity index (χ2v) is 7.11. The summed E-state index contributed by atoms with van der Waals surface area (Å²) in [5, 5.41) is 2.97. The van der Waals surface area contributed by atoms with Gasteiger partial charge >= 0.3 is 0 Å². The molecule has 0 spiro atoms. The number of carbonyl (C=O) groups is 2. The molecule has 154 valence electrons. The Labute approximate surface area is 171 Å². The van der Waals surface area contributed by atoms with Crippen molar-refractivity contribution in [1.82, 2.24) is 10.2 Å². The van der Waals surface area contributed by atoms with Crippen LogP contribution in [0, 0.1) is 0 Å². The highest BCUT2D eigenvalue weighted by molar-refractivity contribution is 5.89. The smallest absolute Gasteiger partial charge is 0.243 e. The summed E-state index contributed by atoms with van der Waals surface area (Å²) in [6, 6.07) is 16.9. The number of carbonyl (C=O) groups excluding carboxylic acids is 2. The summed E-state index contributed by atoms with van der Waals surface area (Å²) in [7, 11) is 1.63. The minimum atomic E-state index is -0.396. The van der Waals surface area contributed by atoms with E-state index >= 15 is 0 Å². The maximum atomic E-state index is 12.7. The normalized spacial score (nSPS) is 15.9. The lowest BCUT2D eigenvalue weighted by Gasteiger charge is -2.24. The first-order chi connectivity index (χ1) is 14.2. The molecule has 1 fully saturated rings. The van der Waals surface area contributed by atoms with Crippen LogP contribution in [0.2, 0.25) is 0 Å². The lowest BCUT2D eigenvalue weighted by Crippen LogP contribution is -2.46. The zero-order valence-electron chi connectivity index (χ0n) is 16.8. The predicted octanol–water partition coefficient (Wildman–Crippen LogP) is 2.56. The van der Waals surface area contributed by atoms with Crippen LogP contribution in [0.25, 0.3) is 0 Å². The van der Waals surface area contributed by atoms with Gasteiger partial charge in [0, 0.05) is 20.2 Å². The molecule has 1 aliphatic rings. The van der Waals surface area contributed by atoms with E-state index in [4.69, 9.17) is 9.47 Å². The Balaban J connectivity index is 1.53. The molecular formula is C23H28N2O4. The molecule has 29 heavy (non-hydrogen) atoms. The number of hydrogen-bond acceptors (Lipinski definition) is 4. The van der Waals surface area contributed by atoms with Crippen molar-refractivity contribution in [2.75, 3.05) is 26.9 Å². The van der Waals surface area contributed by atoms with Crippen molar-refractivity contribution in [3.63, 3.8) is 0 Å². The average Bonchev–Trinajstić information content (AvgIpc) is 3.24. The van der Waals surface area contributed by atoms with Crippen molar-refractivity contribution in [2.45, 2.75) is 31.8 Å². The molecule has 1 saturated heterocycles. The van der Waals surface area contributed by atoms with Crippen molar-refractivity contribution in [2.24, 2.45) is 0 Å². The van der Waals surface area contributed by atoms with Crippen LogP contribution in [0.3, 0.4) is 0 Å². The van der Waals surface area contributed by atoms with E-state index < -0.39 is 6.04 Å². The van der Waals surface area contributed by atoms with Gasteiger partial charge in [0.05, 0.1) is 13.0 Å². The Kier molecular flexibility index (Phi) is 7.64. The third-order valence-corrected chi connectivity index (χ3v) is 5.00. The standard InChI is InChI=1S/C23H28N2O4/c1-28-13-14-29-20-10-5-9-19(15-20)17-24-23(27)21-11-6-12-25(21)22(26)16-18-7-3-2-4-8-18/h2-5,7-10,15,21H,6,11-14,16-17H2,1H3,(H,24,27).